The average Bonchev–Trinajstić information content (AvgIpc) is 2.12. The summed E-state index contributed by atoms with van der Waals surface area (Å²) in [6.45, 7) is 0. The van der Waals surface area contributed by atoms with E-state index < -0.39 is 0 Å². The normalized spacial score (nSPS) is 10.6. The second-order valence-corrected chi connectivity index (χ2v) is 3.49. The van der Waals surface area contributed by atoms with Crippen molar-refractivity contribution in [1.29, 1.82) is 0 Å². The lowest BCUT2D eigenvalue weighted by Gasteiger charge is -2.01. The lowest BCUT2D eigenvalue weighted by atomic mass is 10.2. The molecule has 2 aromatic rings. The smallest absolute Gasteiger partial charge is 0.139 e. The van der Waals surface area contributed by atoms with Crippen molar-refractivity contribution in [3.8, 4) is 0 Å². The second-order valence-electron chi connectivity index (χ2n) is 2.70. The second kappa shape index (κ2) is 2.96. The van der Waals surface area contributed by atoms with Crippen molar-refractivity contribution in [1.82, 2.24) is 4.98 Å². The highest BCUT2D eigenvalue weighted by Crippen LogP contribution is 2.25. The molecule has 66 valence electrons. The number of benzene rings is 1. The molecule has 0 radical (unpaired) electrons. The number of pyridine rings is 1. The van der Waals surface area contributed by atoms with Crippen molar-refractivity contribution in [2.45, 2.75) is 0 Å². The molecule has 1 aromatic heterocycles. The van der Waals surface area contributed by atoms with Gasteiger partial charge in [0.2, 0.25) is 0 Å². The summed E-state index contributed by atoms with van der Waals surface area (Å²) in [5.74, 6) is -0.315. The number of anilines is 1. The molecule has 2 nitrogen and oxygen atoms in total. The third-order valence-electron chi connectivity index (χ3n) is 1.77. The Morgan fingerprint density at radius 1 is 1.38 bits per heavy atom. The van der Waals surface area contributed by atoms with Gasteiger partial charge in [-0.2, -0.15) is 0 Å². The first-order chi connectivity index (χ1) is 6.18. The number of aromatic nitrogens is 1. The first-order valence-electron chi connectivity index (χ1n) is 3.68. The number of nitrogen functional groups attached to an aromatic ring is 1. The first-order valence-corrected chi connectivity index (χ1v) is 4.47. The molecule has 0 aliphatic heterocycles. The Bertz CT molecular complexity index is 470. The van der Waals surface area contributed by atoms with Gasteiger partial charge in [0, 0.05) is 5.39 Å². The van der Waals surface area contributed by atoms with Crippen LogP contribution < -0.4 is 5.73 Å². The first kappa shape index (κ1) is 8.44. The average molecular weight is 241 g/mol. The molecular weight excluding hydrogens is 235 g/mol. The van der Waals surface area contributed by atoms with Crippen molar-refractivity contribution in [3.05, 3.63) is 34.7 Å². The molecule has 0 saturated carbocycles. The molecule has 0 atom stereocenters. The molecular formula is C9H6BrFN2. The Balaban J connectivity index is 2.87. The van der Waals surface area contributed by atoms with E-state index in [0.717, 1.165) is 5.39 Å². The zero-order valence-corrected chi connectivity index (χ0v) is 8.18. The van der Waals surface area contributed by atoms with Gasteiger partial charge in [0.15, 0.2) is 0 Å². The van der Waals surface area contributed by atoms with Crippen molar-refractivity contribution in [2.24, 2.45) is 0 Å². The number of rotatable bonds is 0. The lowest BCUT2D eigenvalue weighted by molar-refractivity contribution is 0.623. The Kier molecular flexibility index (Phi) is 1.92. The molecule has 0 aliphatic rings. The van der Waals surface area contributed by atoms with Crippen LogP contribution in [0.5, 0.6) is 0 Å². The molecule has 0 fully saturated rings. The van der Waals surface area contributed by atoms with Crippen LogP contribution in [0.2, 0.25) is 0 Å². The quantitative estimate of drug-likeness (QED) is 0.770. The fourth-order valence-corrected chi connectivity index (χ4v) is 1.62. The van der Waals surface area contributed by atoms with Crippen molar-refractivity contribution in [2.75, 3.05) is 5.73 Å². The number of nitrogens with zero attached hydrogens (tertiary/aromatic N) is 1. The van der Waals surface area contributed by atoms with E-state index in [1.54, 1.807) is 12.1 Å². The Morgan fingerprint density at radius 2 is 2.15 bits per heavy atom. The maximum atomic E-state index is 13.0. The van der Waals surface area contributed by atoms with Crippen LogP contribution >= 0.6 is 15.9 Å². The maximum absolute atomic E-state index is 13.0. The van der Waals surface area contributed by atoms with E-state index in [2.05, 4.69) is 20.9 Å². The van der Waals surface area contributed by atoms with E-state index in [0.29, 0.717) is 15.7 Å². The van der Waals surface area contributed by atoms with E-state index in [-0.39, 0.29) is 5.82 Å². The van der Waals surface area contributed by atoms with Gasteiger partial charge in [-0.1, -0.05) is 0 Å². The summed E-state index contributed by atoms with van der Waals surface area (Å²) in [7, 11) is 0. The largest absolute Gasteiger partial charge is 0.397 e. The Hall–Kier alpha value is -1.16. The molecule has 1 heterocycles. The molecule has 0 bridgehead atoms. The molecule has 0 aliphatic carbocycles. The predicted octanol–water partition coefficient (Wildman–Crippen LogP) is 2.72. The van der Waals surface area contributed by atoms with E-state index in [9.17, 15) is 4.39 Å². The summed E-state index contributed by atoms with van der Waals surface area (Å²) in [6.07, 6.45) is 1.51. The van der Waals surface area contributed by atoms with Gasteiger partial charge in [0.25, 0.3) is 0 Å². The fourth-order valence-electron chi connectivity index (χ4n) is 1.16. The fraction of sp³-hybridized carbons (Fsp3) is 0. The van der Waals surface area contributed by atoms with Crippen molar-refractivity contribution < 1.29 is 4.39 Å². The molecule has 2 N–H and O–H groups in total. The van der Waals surface area contributed by atoms with Gasteiger partial charge in [-0.25, -0.2) is 4.39 Å². The Labute approximate surface area is 82.7 Å². The van der Waals surface area contributed by atoms with Gasteiger partial charge in [0.1, 0.15) is 5.82 Å². The number of fused-ring (bicyclic) bond motifs is 1. The molecule has 0 saturated heterocycles. The SMILES string of the molecule is Nc1cnc2c(Br)c(F)ccc2c1. The third kappa shape index (κ3) is 1.37. The van der Waals surface area contributed by atoms with Crippen molar-refractivity contribution >= 4 is 32.5 Å². The molecule has 0 unspecified atom stereocenters. The zero-order chi connectivity index (χ0) is 9.42. The van der Waals surface area contributed by atoms with Crippen LogP contribution in [0.25, 0.3) is 10.9 Å². The van der Waals surface area contributed by atoms with Crippen LogP contribution in [-0.2, 0) is 0 Å². The summed E-state index contributed by atoms with van der Waals surface area (Å²) in [5.41, 5.74) is 6.71. The van der Waals surface area contributed by atoms with Gasteiger partial charge in [-0.05, 0) is 34.1 Å². The zero-order valence-electron chi connectivity index (χ0n) is 6.59. The number of hydrogen-bond acceptors (Lipinski definition) is 2. The number of nitrogens with two attached hydrogens (primary N) is 1. The predicted molar refractivity (Wildman–Crippen MR) is 53.8 cm³/mol. The topological polar surface area (TPSA) is 38.9 Å². The maximum Gasteiger partial charge on any atom is 0.139 e. The van der Waals surface area contributed by atoms with Gasteiger partial charge in [-0.15, -0.1) is 0 Å². The minimum Gasteiger partial charge on any atom is -0.397 e. The van der Waals surface area contributed by atoms with Crippen LogP contribution in [0.4, 0.5) is 10.1 Å². The van der Waals surface area contributed by atoms with Gasteiger partial charge < -0.3 is 5.73 Å². The van der Waals surface area contributed by atoms with E-state index in [4.69, 9.17) is 5.73 Å². The molecule has 2 rings (SSSR count). The highest BCUT2D eigenvalue weighted by atomic mass is 79.9. The van der Waals surface area contributed by atoms with Crippen LogP contribution in [0.1, 0.15) is 0 Å². The number of halogens is 2. The summed E-state index contributed by atoms with van der Waals surface area (Å²) in [6, 6.07) is 4.79. The standard InChI is InChI=1S/C9H6BrFN2/c10-8-7(11)2-1-5-3-6(12)4-13-9(5)8/h1-4H,12H2. The minimum atomic E-state index is -0.315. The highest BCUT2D eigenvalue weighted by Gasteiger charge is 2.05. The molecule has 1 aromatic carbocycles. The van der Waals surface area contributed by atoms with E-state index in [1.807, 2.05) is 0 Å². The molecule has 4 heteroatoms. The third-order valence-corrected chi connectivity index (χ3v) is 2.52. The van der Waals surface area contributed by atoms with Crippen LogP contribution in [0, 0.1) is 5.82 Å². The summed E-state index contributed by atoms with van der Waals surface area (Å²) < 4.78 is 13.4. The van der Waals surface area contributed by atoms with E-state index in [1.165, 1.54) is 12.3 Å². The van der Waals surface area contributed by atoms with E-state index >= 15 is 0 Å². The molecule has 0 spiro atoms. The van der Waals surface area contributed by atoms with Crippen molar-refractivity contribution in [3.63, 3.8) is 0 Å². The Morgan fingerprint density at radius 3 is 2.92 bits per heavy atom. The number of hydrogen-bond donors (Lipinski definition) is 1. The monoisotopic (exact) mass is 240 g/mol. The van der Waals surface area contributed by atoms with Gasteiger partial charge >= 0.3 is 0 Å². The van der Waals surface area contributed by atoms with Crippen LogP contribution in [-0.4, -0.2) is 4.98 Å². The minimum absolute atomic E-state index is 0.315. The van der Waals surface area contributed by atoms with Crippen LogP contribution in [0.3, 0.4) is 0 Å². The molecule has 13 heavy (non-hydrogen) atoms. The lowest BCUT2D eigenvalue weighted by Crippen LogP contribution is -1.89. The summed E-state index contributed by atoms with van der Waals surface area (Å²) in [5, 5.41) is 0.827. The van der Waals surface area contributed by atoms with Gasteiger partial charge in [-0.3, -0.25) is 4.98 Å². The van der Waals surface area contributed by atoms with Gasteiger partial charge in [0.05, 0.1) is 21.9 Å². The highest BCUT2D eigenvalue weighted by molar-refractivity contribution is 9.10. The molecule has 0 amide bonds. The summed E-state index contributed by atoms with van der Waals surface area (Å²) >= 11 is 3.13. The van der Waals surface area contributed by atoms with Crippen LogP contribution in [0.15, 0.2) is 28.9 Å². The summed E-state index contributed by atoms with van der Waals surface area (Å²) in [4.78, 5) is 4.03.